The van der Waals surface area contributed by atoms with Crippen LogP contribution in [0.3, 0.4) is 0 Å². The van der Waals surface area contributed by atoms with E-state index in [2.05, 4.69) is 9.80 Å². The van der Waals surface area contributed by atoms with Crippen LogP contribution in [-0.4, -0.2) is 97.6 Å². The molecule has 0 radical (unpaired) electrons. The van der Waals surface area contributed by atoms with Crippen LogP contribution in [0.2, 0.25) is 0 Å². The lowest BCUT2D eigenvalue weighted by Crippen LogP contribution is -2.45. The summed E-state index contributed by atoms with van der Waals surface area (Å²) >= 11 is 0. The van der Waals surface area contributed by atoms with Crippen molar-refractivity contribution in [2.75, 3.05) is 66.8 Å². The lowest BCUT2D eigenvalue weighted by molar-refractivity contribution is 0.00434. The highest BCUT2D eigenvalue weighted by molar-refractivity contribution is 5.65. The van der Waals surface area contributed by atoms with Gasteiger partial charge < -0.3 is 24.1 Å². The van der Waals surface area contributed by atoms with Crippen molar-refractivity contribution >= 4 is 0 Å². The number of aryl methyl sites for hydroxylation is 1. The second kappa shape index (κ2) is 13.6. The highest BCUT2D eigenvalue weighted by Crippen LogP contribution is 2.35. The van der Waals surface area contributed by atoms with Crippen molar-refractivity contribution in [2.24, 2.45) is 7.05 Å². The van der Waals surface area contributed by atoms with Gasteiger partial charge in [0, 0.05) is 65.1 Å². The number of aliphatic hydroxyl groups is 1. The molecule has 3 aromatic rings. The summed E-state index contributed by atoms with van der Waals surface area (Å²) in [4.78, 5) is 4.45. The molecule has 1 aliphatic heterocycles. The molecule has 1 atom stereocenters. The average molecular weight is 511 g/mol. The summed E-state index contributed by atoms with van der Waals surface area (Å²) in [7, 11) is 5.22. The third-order valence-corrected chi connectivity index (χ3v) is 6.43. The molecule has 37 heavy (non-hydrogen) atoms. The molecular weight excluding hydrogens is 472 g/mol. The first kappa shape index (κ1) is 27.1. The molecule has 0 aliphatic carbocycles. The molecule has 2 heterocycles. The van der Waals surface area contributed by atoms with Crippen molar-refractivity contribution in [3.05, 3.63) is 60.2 Å². The number of aliphatic hydroxyl groups excluding tert-OH is 1. The molecule has 0 amide bonds. The molecule has 200 valence electrons. The lowest BCUT2D eigenvalue weighted by atomic mass is 10.1. The topological polar surface area (TPSA) is 81.5 Å². The van der Waals surface area contributed by atoms with Crippen LogP contribution in [0.5, 0.6) is 17.4 Å². The average Bonchev–Trinajstić information content (AvgIpc) is 3.22. The summed E-state index contributed by atoms with van der Waals surface area (Å²) in [6.45, 7) is 5.98. The number of morpholine rings is 1. The van der Waals surface area contributed by atoms with E-state index in [0.29, 0.717) is 57.6 Å². The van der Waals surface area contributed by atoms with Gasteiger partial charge >= 0.3 is 0 Å². The minimum absolute atomic E-state index is 0.502. The Morgan fingerprint density at radius 3 is 2.54 bits per heavy atom. The summed E-state index contributed by atoms with van der Waals surface area (Å²) in [6, 6.07) is 17.6. The highest BCUT2D eigenvalue weighted by Gasteiger charge is 2.24. The summed E-state index contributed by atoms with van der Waals surface area (Å²) in [5.74, 6) is 2.04. The minimum atomic E-state index is -0.505. The maximum Gasteiger partial charge on any atom is 0.222 e. The van der Waals surface area contributed by atoms with E-state index in [0.717, 1.165) is 35.7 Å². The second-order valence-corrected chi connectivity index (χ2v) is 9.20. The molecule has 1 aliphatic rings. The SMILES string of the molecule is COCCN(Cc1c(-c2ccccc2)nn(C)c1Oc1cccc(OC)c1)C[C@H](O)CN1CCOCC1. The number of ether oxygens (including phenoxy) is 4. The van der Waals surface area contributed by atoms with E-state index in [1.807, 2.05) is 61.6 Å². The van der Waals surface area contributed by atoms with E-state index < -0.39 is 6.10 Å². The number of hydrogen-bond acceptors (Lipinski definition) is 8. The Bertz CT molecular complexity index is 1100. The fourth-order valence-corrected chi connectivity index (χ4v) is 4.54. The lowest BCUT2D eigenvalue weighted by Gasteiger charge is -2.31. The molecule has 2 aromatic carbocycles. The zero-order chi connectivity index (χ0) is 26.0. The van der Waals surface area contributed by atoms with Crippen LogP contribution >= 0.6 is 0 Å². The van der Waals surface area contributed by atoms with Crippen LogP contribution in [0.15, 0.2) is 54.6 Å². The molecule has 1 aromatic heterocycles. The Hall–Kier alpha value is -2.95. The third kappa shape index (κ3) is 7.53. The summed E-state index contributed by atoms with van der Waals surface area (Å²) in [6.07, 6.45) is -0.505. The van der Waals surface area contributed by atoms with Gasteiger partial charge in [-0.2, -0.15) is 5.10 Å². The first-order chi connectivity index (χ1) is 18.1. The monoisotopic (exact) mass is 510 g/mol. The van der Waals surface area contributed by atoms with Gasteiger partial charge in [-0.1, -0.05) is 36.4 Å². The first-order valence-corrected chi connectivity index (χ1v) is 12.7. The van der Waals surface area contributed by atoms with Crippen LogP contribution in [0.1, 0.15) is 5.56 Å². The van der Waals surface area contributed by atoms with Crippen LogP contribution < -0.4 is 9.47 Å². The number of rotatable bonds is 13. The van der Waals surface area contributed by atoms with Gasteiger partial charge in [0.15, 0.2) is 0 Å². The smallest absolute Gasteiger partial charge is 0.222 e. The molecule has 4 rings (SSSR count). The zero-order valence-electron chi connectivity index (χ0n) is 22.0. The van der Waals surface area contributed by atoms with E-state index >= 15 is 0 Å². The summed E-state index contributed by atoms with van der Waals surface area (Å²) in [5.41, 5.74) is 2.81. The molecule has 9 nitrogen and oxygen atoms in total. The van der Waals surface area contributed by atoms with E-state index in [1.54, 1.807) is 18.9 Å². The molecule has 1 saturated heterocycles. The highest BCUT2D eigenvalue weighted by atomic mass is 16.5. The van der Waals surface area contributed by atoms with E-state index in [9.17, 15) is 5.11 Å². The first-order valence-electron chi connectivity index (χ1n) is 12.7. The van der Waals surface area contributed by atoms with Gasteiger partial charge in [0.05, 0.1) is 38.6 Å². The van der Waals surface area contributed by atoms with Gasteiger partial charge in [0.2, 0.25) is 5.88 Å². The van der Waals surface area contributed by atoms with Gasteiger partial charge in [-0.05, 0) is 12.1 Å². The van der Waals surface area contributed by atoms with Crippen molar-refractivity contribution in [3.8, 4) is 28.6 Å². The van der Waals surface area contributed by atoms with Crippen LogP contribution in [0.25, 0.3) is 11.3 Å². The number of methoxy groups -OCH3 is 2. The molecule has 9 heteroatoms. The van der Waals surface area contributed by atoms with Gasteiger partial charge in [0.25, 0.3) is 0 Å². The fraction of sp³-hybridized carbons (Fsp3) is 0.464. The molecule has 0 unspecified atom stereocenters. The molecule has 0 bridgehead atoms. The second-order valence-electron chi connectivity index (χ2n) is 9.20. The molecular formula is C28H38N4O5. The van der Waals surface area contributed by atoms with Crippen molar-refractivity contribution in [2.45, 2.75) is 12.6 Å². The normalized spacial score (nSPS) is 15.2. The van der Waals surface area contributed by atoms with Gasteiger partial charge in [-0.25, -0.2) is 4.68 Å². The predicted octanol–water partition coefficient (Wildman–Crippen LogP) is 3.03. The van der Waals surface area contributed by atoms with Gasteiger partial charge in [0.1, 0.15) is 17.2 Å². The predicted molar refractivity (Wildman–Crippen MR) is 142 cm³/mol. The third-order valence-electron chi connectivity index (χ3n) is 6.43. The number of β-amino-alcohol motifs (C(OH)–C–C–N with tert-alkyl or cyclic N) is 1. The number of nitrogens with zero attached hydrogens (tertiary/aromatic N) is 4. The number of aromatic nitrogens is 2. The largest absolute Gasteiger partial charge is 0.497 e. The van der Waals surface area contributed by atoms with E-state index in [1.165, 1.54) is 0 Å². The quantitative estimate of drug-likeness (QED) is 0.376. The van der Waals surface area contributed by atoms with E-state index in [-0.39, 0.29) is 0 Å². The van der Waals surface area contributed by atoms with Crippen molar-refractivity contribution in [1.29, 1.82) is 0 Å². The number of hydrogen-bond donors (Lipinski definition) is 1. The zero-order valence-corrected chi connectivity index (χ0v) is 22.0. The van der Waals surface area contributed by atoms with Gasteiger partial charge in [-0.3, -0.25) is 9.80 Å². The molecule has 1 N–H and O–H groups in total. The Morgan fingerprint density at radius 1 is 1.05 bits per heavy atom. The number of benzene rings is 2. The molecule has 1 fully saturated rings. The Balaban J connectivity index is 1.61. The van der Waals surface area contributed by atoms with Crippen molar-refractivity contribution < 1.29 is 24.1 Å². The minimum Gasteiger partial charge on any atom is -0.497 e. The molecule has 0 spiro atoms. The Kier molecular flexibility index (Phi) is 9.92. The Morgan fingerprint density at radius 2 is 1.81 bits per heavy atom. The van der Waals surface area contributed by atoms with Crippen LogP contribution in [0.4, 0.5) is 0 Å². The standard InChI is InChI=1S/C28H38N4O5/c1-30-28(37-25-11-7-10-24(18-25)35-3)26(27(29-30)22-8-5-4-6-9-22)21-32(12-15-34-2)20-23(33)19-31-13-16-36-17-14-31/h4-11,18,23,33H,12-17,19-21H2,1-3H3/t23-/m1/s1. The van der Waals surface area contributed by atoms with Gasteiger partial charge in [-0.15, -0.1) is 0 Å². The van der Waals surface area contributed by atoms with Crippen LogP contribution in [0, 0.1) is 0 Å². The van der Waals surface area contributed by atoms with Crippen LogP contribution in [-0.2, 0) is 23.1 Å². The maximum atomic E-state index is 11.0. The maximum absolute atomic E-state index is 11.0. The van der Waals surface area contributed by atoms with Crippen molar-refractivity contribution in [1.82, 2.24) is 19.6 Å². The molecule has 0 saturated carbocycles. The van der Waals surface area contributed by atoms with Crippen molar-refractivity contribution in [3.63, 3.8) is 0 Å². The van der Waals surface area contributed by atoms with E-state index in [4.69, 9.17) is 24.0 Å². The fourth-order valence-electron chi connectivity index (χ4n) is 4.54. The summed E-state index contributed by atoms with van der Waals surface area (Å²) in [5, 5.41) is 15.8. The summed E-state index contributed by atoms with van der Waals surface area (Å²) < 4.78 is 24.4. The Labute approximate surface area is 219 Å².